The maximum absolute atomic E-state index is 13.8. The molecule has 1 heterocycles. The minimum absolute atomic E-state index is 0.0197. The number of nitrogens with zero attached hydrogens (tertiary/aromatic N) is 1. The van der Waals surface area contributed by atoms with Crippen LogP contribution in [-0.4, -0.2) is 23.3 Å². The lowest BCUT2D eigenvalue weighted by molar-refractivity contribution is -0.123. The van der Waals surface area contributed by atoms with E-state index in [4.69, 9.17) is 11.6 Å². The molecule has 4 rings (SSSR count). The summed E-state index contributed by atoms with van der Waals surface area (Å²) in [5, 5.41) is 3.58. The first-order chi connectivity index (χ1) is 16.7. The van der Waals surface area contributed by atoms with Crippen LogP contribution in [0.3, 0.4) is 0 Å². The van der Waals surface area contributed by atoms with E-state index in [1.54, 1.807) is 6.07 Å². The van der Waals surface area contributed by atoms with Gasteiger partial charge in [-0.1, -0.05) is 87.0 Å². The Labute approximate surface area is 213 Å². The molecular weight excluding hydrogens is 456 g/mol. The molecule has 1 aliphatic heterocycles. The number of piperidine rings is 1. The van der Waals surface area contributed by atoms with Crippen molar-refractivity contribution in [3.8, 4) is 0 Å². The maximum Gasteiger partial charge on any atom is 0.256 e. The van der Waals surface area contributed by atoms with Crippen LogP contribution in [0.25, 0.3) is 0 Å². The summed E-state index contributed by atoms with van der Waals surface area (Å²) in [5.41, 5.74) is 4.21. The van der Waals surface area contributed by atoms with Gasteiger partial charge < -0.3 is 10.2 Å². The number of amides is 2. The fourth-order valence-electron chi connectivity index (χ4n) is 4.91. The predicted molar refractivity (Wildman–Crippen MR) is 143 cm³/mol. The number of nitrogens with one attached hydrogen (secondary N) is 1. The van der Waals surface area contributed by atoms with Crippen molar-refractivity contribution in [2.75, 3.05) is 11.9 Å². The van der Waals surface area contributed by atoms with Crippen LogP contribution in [-0.2, 0) is 10.2 Å². The van der Waals surface area contributed by atoms with Crippen LogP contribution in [0.2, 0.25) is 5.02 Å². The van der Waals surface area contributed by atoms with E-state index in [1.807, 2.05) is 72.5 Å². The number of halogens is 1. The van der Waals surface area contributed by atoms with Crippen LogP contribution in [0.1, 0.15) is 66.7 Å². The van der Waals surface area contributed by atoms with Crippen molar-refractivity contribution in [1.29, 1.82) is 0 Å². The van der Waals surface area contributed by atoms with Crippen LogP contribution >= 0.6 is 11.6 Å². The van der Waals surface area contributed by atoms with Crippen LogP contribution in [0.4, 0.5) is 5.69 Å². The number of rotatable bonds is 4. The van der Waals surface area contributed by atoms with Gasteiger partial charge in [0, 0.05) is 12.2 Å². The molecule has 182 valence electrons. The van der Waals surface area contributed by atoms with Gasteiger partial charge >= 0.3 is 0 Å². The molecule has 4 nitrogen and oxygen atoms in total. The third-order valence-electron chi connectivity index (χ3n) is 6.80. The molecule has 2 atom stereocenters. The number of anilines is 1. The quantitative estimate of drug-likeness (QED) is 0.423. The second kappa shape index (κ2) is 10.2. The predicted octanol–water partition coefficient (Wildman–Crippen LogP) is 7.18. The lowest BCUT2D eigenvalue weighted by atomic mass is 9.83. The Hall–Kier alpha value is -3.11. The zero-order valence-corrected chi connectivity index (χ0v) is 21.6. The molecule has 3 aromatic carbocycles. The second-order valence-corrected chi connectivity index (χ2v) is 10.8. The van der Waals surface area contributed by atoms with Gasteiger partial charge in [0.25, 0.3) is 5.91 Å². The molecule has 0 saturated carbocycles. The third kappa shape index (κ3) is 5.43. The highest BCUT2D eigenvalue weighted by molar-refractivity contribution is 6.34. The van der Waals surface area contributed by atoms with E-state index < -0.39 is 0 Å². The standard InChI is InChI=1S/C30H33ClN2O2/c1-20-11-8-17-25(31)26(20)29(35)33-18-10-16-24(27(33)21-12-6-5-7-13-21)28(34)32-23-15-9-14-22(19-23)30(2,3)4/h5-9,11-15,17,19,24,27H,10,16,18H2,1-4H3,(H,32,34)/t24-,27-/m0/s1. The van der Waals surface area contributed by atoms with Gasteiger partial charge in [-0.05, 0) is 60.1 Å². The highest BCUT2D eigenvalue weighted by atomic mass is 35.5. The van der Waals surface area contributed by atoms with E-state index >= 15 is 0 Å². The van der Waals surface area contributed by atoms with Gasteiger partial charge in [-0.3, -0.25) is 9.59 Å². The Balaban J connectivity index is 1.68. The van der Waals surface area contributed by atoms with E-state index in [2.05, 4.69) is 32.2 Å². The van der Waals surface area contributed by atoms with Gasteiger partial charge in [0.15, 0.2) is 0 Å². The Bertz CT molecular complexity index is 1200. The van der Waals surface area contributed by atoms with Crippen molar-refractivity contribution in [3.05, 3.63) is 100 Å². The Morgan fingerprint density at radius 3 is 2.37 bits per heavy atom. The molecule has 1 fully saturated rings. The van der Waals surface area contributed by atoms with E-state index in [-0.39, 0.29) is 29.2 Å². The molecule has 0 aromatic heterocycles. The summed E-state index contributed by atoms with van der Waals surface area (Å²) in [7, 11) is 0. The molecule has 0 bridgehead atoms. The average Bonchev–Trinajstić information content (AvgIpc) is 2.83. The van der Waals surface area contributed by atoms with E-state index in [0.717, 1.165) is 28.8 Å². The molecular formula is C30H33ClN2O2. The third-order valence-corrected chi connectivity index (χ3v) is 7.12. The maximum atomic E-state index is 13.8. The summed E-state index contributed by atoms with van der Waals surface area (Å²) >= 11 is 6.47. The van der Waals surface area contributed by atoms with Crippen molar-refractivity contribution in [2.24, 2.45) is 5.92 Å². The molecule has 0 radical (unpaired) electrons. The lowest BCUT2D eigenvalue weighted by Crippen LogP contribution is -2.46. The van der Waals surface area contributed by atoms with Gasteiger partial charge in [-0.15, -0.1) is 0 Å². The molecule has 0 spiro atoms. The summed E-state index contributed by atoms with van der Waals surface area (Å²) in [5.74, 6) is -0.580. The number of hydrogen-bond donors (Lipinski definition) is 1. The van der Waals surface area contributed by atoms with Crippen molar-refractivity contribution in [2.45, 2.75) is 52.0 Å². The van der Waals surface area contributed by atoms with Crippen LogP contribution < -0.4 is 5.32 Å². The number of benzene rings is 3. The Morgan fingerprint density at radius 1 is 0.971 bits per heavy atom. The highest BCUT2D eigenvalue weighted by Crippen LogP contribution is 2.39. The van der Waals surface area contributed by atoms with Crippen molar-refractivity contribution in [1.82, 2.24) is 4.90 Å². The van der Waals surface area contributed by atoms with Crippen LogP contribution in [0.5, 0.6) is 0 Å². The number of aryl methyl sites for hydroxylation is 1. The minimum Gasteiger partial charge on any atom is -0.331 e. The van der Waals surface area contributed by atoms with Gasteiger partial charge in [0.2, 0.25) is 5.91 Å². The average molecular weight is 489 g/mol. The first-order valence-corrected chi connectivity index (χ1v) is 12.6. The number of hydrogen-bond acceptors (Lipinski definition) is 2. The van der Waals surface area contributed by atoms with Crippen molar-refractivity contribution >= 4 is 29.1 Å². The molecule has 3 aromatic rings. The summed E-state index contributed by atoms with van der Waals surface area (Å²) < 4.78 is 0. The largest absolute Gasteiger partial charge is 0.331 e. The van der Waals surface area contributed by atoms with Gasteiger partial charge in [0.05, 0.1) is 22.5 Å². The molecule has 0 aliphatic carbocycles. The highest BCUT2D eigenvalue weighted by Gasteiger charge is 2.40. The molecule has 1 saturated heterocycles. The Kier molecular flexibility index (Phi) is 7.32. The molecule has 1 N–H and O–H groups in total. The normalized spacial score (nSPS) is 18.3. The van der Waals surface area contributed by atoms with E-state index in [0.29, 0.717) is 23.6 Å². The van der Waals surface area contributed by atoms with E-state index in [1.165, 1.54) is 0 Å². The second-order valence-electron chi connectivity index (χ2n) is 10.4. The van der Waals surface area contributed by atoms with Gasteiger partial charge in [0.1, 0.15) is 0 Å². The molecule has 1 aliphatic rings. The fourth-order valence-corrected chi connectivity index (χ4v) is 5.21. The number of carbonyl (C=O) groups excluding carboxylic acids is 2. The van der Waals surface area contributed by atoms with Gasteiger partial charge in [-0.25, -0.2) is 0 Å². The fraction of sp³-hybridized carbons (Fsp3) is 0.333. The SMILES string of the molecule is Cc1cccc(Cl)c1C(=O)N1CCC[C@H](C(=O)Nc2cccc(C(C)(C)C)c2)[C@@H]1c1ccccc1. The topological polar surface area (TPSA) is 49.4 Å². The first kappa shape index (κ1) is 25.0. The summed E-state index contributed by atoms with van der Waals surface area (Å²) in [4.78, 5) is 29.3. The minimum atomic E-state index is -0.379. The molecule has 2 amide bonds. The summed E-state index contributed by atoms with van der Waals surface area (Å²) in [6.07, 6.45) is 1.45. The summed E-state index contributed by atoms with van der Waals surface area (Å²) in [6.45, 7) is 8.93. The zero-order chi connectivity index (χ0) is 25.2. The first-order valence-electron chi connectivity index (χ1n) is 12.2. The van der Waals surface area contributed by atoms with Crippen molar-refractivity contribution < 1.29 is 9.59 Å². The molecule has 35 heavy (non-hydrogen) atoms. The zero-order valence-electron chi connectivity index (χ0n) is 20.8. The van der Waals surface area contributed by atoms with Crippen LogP contribution in [0.15, 0.2) is 72.8 Å². The number of carbonyl (C=O) groups is 2. The monoisotopic (exact) mass is 488 g/mol. The molecule has 0 unspecified atom stereocenters. The van der Waals surface area contributed by atoms with Crippen molar-refractivity contribution in [3.63, 3.8) is 0 Å². The molecule has 5 heteroatoms. The smallest absolute Gasteiger partial charge is 0.256 e. The van der Waals surface area contributed by atoms with Gasteiger partial charge in [-0.2, -0.15) is 0 Å². The lowest BCUT2D eigenvalue weighted by Gasteiger charge is -2.41. The van der Waals surface area contributed by atoms with Crippen LogP contribution in [0, 0.1) is 12.8 Å². The van der Waals surface area contributed by atoms with E-state index in [9.17, 15) is 9.59 Å². The summed E-state index contributed by atoms with van der Waals surface area (Å²) in [6, 6.07) is 23.0. The number of likely N-dealkylation sites (tertiary alicyclic amines) is 1. The Morgan fingerprint density at radius 2 is 1.69 bits per heavy atom.